The molecule has 1 amide bonds. The summed E-state index contributed by atoms with van der Waals surface area (Å²) in [6, 6.07) is 12.6. The van der Waals surface area contributed by atoms with Gasteiger partial charge in [0, 0.05) is 5.56 Å². The molecule has 0 atom stereocenters. The number of hydrazone groups is 1. The summed E-state index contributed by atoms with van der Waals surface area (Å²) in [5.41, 5.74) is 4.70. The summed E-state index contributed by atoms with van der Waals surface area (Å²) < 4.78 is 20.1. The fraction of sp³-hybridized carbons (Fsp3) is 0.190. The number of hydrogen-bond donors (Lipinski definition) is 1. The van der Waals surface area contributed by atoms with Crippen molar-refractivity contribution >= 4 is 23.7 Å². The Morgan fingerprint density at radius 1 is 1.21 bits per heavy atom. The third kappa shape index (κ3) is 5.00. The van der Waals surface area contributed by atoms with E-state index in [4.69, 9.17) is 16.3 Å². The number of amides is 1. The quantitative estimate of drug-likeness (QED) is 0.476. The number of nitrogens with zero attached hydrogens (tertiary/aromatic N) is 3. The second kappa shape index (κ2) is 8.87. The SMILES string of the molecule is Cc1nn(-c2ccc(F)cc2)c(Cl)c1/C=N\NC(=O)c1ccc(OC(C)C)cc1. The highest BCUT2D eigenvalue weighted by Crippen LogP contribution is 2.22. The van der Waals surface area contributed by atoms with E-state index in [-0.39, 0.29) is 17.8 Å². The van der Waals surface area contributed by atoms with E-state index < -0.39 is 0 Å². The zero-order chi connectivity index (χ0) is 21.0. The number of aryl methyl sites for hydroxylation is 1. The number of nitrogens with one attached hydrogen (secondary N) is 1. The van der Waals surface area contributed by atoms with Gasteiger partial charge < -0.3 is 4.74 Å². The van der Waals surface area contributed by atoms with Crippen molar-refractivity contribution < 1.29 is 13.9 Å². The van der Waals surface area contributed by atoms with Crippen molar-refractivity contribution in [3.05, 3.63) is 76.3 Å². The molecule has 0 fully saturated rings. The van der Waals surface area contributed by atoms with Crippen molar-refractivity contribution in [2.24, 2.45) is 5.10 Å². The summed E-state index contributed by atoms with van der Waals surface area (Å²) in [6.45, 7) is 5.63. The number of aromatic nitrogens is 2. The summed E-state index contributed by atoms with van der Waals surface area (Å²) in [6.07, 6.45) is 1.49. The zero-order valence-electron chi connectivity index (χ0n) is 16.2. The first-order chi connectivity index (χ1) is 13.8. The van der Waals surface area contributed by atoms with Gasteiger partial charge in [-0.1, -0.05) is 11.6 Å². The van der Waals surface area contributed by atoms with Crippen molar-refractivity contribution in [1.29, 1.82) is 0 Å². The number of hydrogen-bond acceptors (Lipinski definition) is 4. The average molecular weight is 415 g/mol. The van der Waals surface area contributed by atoms with Crippen LogP contribution in [0.15, 0.2) is 53.6 Å². The highest BCUT2D eigenvalue weighted by atomic mass is 35.5. The van der Waals surface area contributed by atoms with Gasteiger partial charge in [0.05, 0.1) is 29.3 Å². The first-order valence-corrected chi connectivity index (χ1v) is 9.34. The number of carbonyl (C=O) groups excluding carboxylic acids is 1. The molecule has 0 spiro atoms. The van der Waals surface area contributed by atoms with Crippen molar-refractivity contribution in [3.8, 4) is 11.4 Å². The van der Waals surface area contributed by atoms with Crippen LogP contribution in [0.5, 0.6) is 5.75 Å². The molecule has 0 saturated heterocycles. The summed E-state index contributed by atoms with van der Waals surface area (Å²) in [5, 5.41) is 8.63. The van der Waals surface area contributed by atoms with Gasteiger partial charge in [0.2, 0.25) is 0 Å². The smallest absolute Gasteiger partial charge is 0.271 e. The monoisotopic (exact) mass is 414 g/mol. The maximum absolute atomic E-state index is 13.1. The van der Waals surface area contributed by atoms with E-state index in [1.165, 1.54) is 23.0 Å². The molecule has 3 rings (SSSR count). The minimum Gasteiger partial charge on any atom is -0.491 e. The van der Waals surface area contributed by atoms with Crippen LogP contribution in [0.3, 0.4) is 0 Å². The maximum atomic E-state index is 13.1. The highest BCUT2D eigenvalue weighted by molar-refractivity contribution is 6.32. The third-order valence-electron chi connectivity index (χ3n) is 3.97. The Bertz CT molecular complexity index is 1030. The Morgan fingerprint density at radius 3 is 2.48 bits per heavy atom. The molecule has 8 heteroatoms. The predicted molar refractivity (Wildman–Crippen MR) is 111 cm³/mol. The summed E-state index contributed by atoms with van der Waals surface area (Å²) in [7, 11) is 0. The molecule has 0 aliphatic carbocycles. The van der Waals surface area contributed by atoms with Crippen LogP contribution in [0.1, 0.15) is 35.5 Å². The molecule has 29 heavy (non-hydrogen) atoms. The minimum absolute atomic E-state index is 0.0584. The average Bonchev–Trinajstić information content (AvgIpc) is 2.97. The van der Waals surface area contributed by atoms with Crippen LogP contribution >= 0.6 is 11.6 Å². The molecule has 3 aromatic rings. The van der Waals surface area contributed by atoms with Crippen LogP contribution in [-0.4, -0.2) is 28.0 Å². The summed E-state index contributed by atoms with van der Waals surface area (Å²) in [5.74, 6) is -0.0187. The van der Waals surface area contributed by atoms with E-state index in [0.717, 1.165) is 0 Å². The molecule has 1 aromatic heterocycles. The summed E-state index contributed by atoms with van der Waals surface area (Å²) >= 11 is 6.38. The van der Waals surface area contributed by atoms with Crippen LogP contribution < -0.4 is 10.2 Å². The molecular weight excluding hydrogens is 395 g/mol. The lowest BCUT2D eigenvalue weighted by Crippen LogP contribution is -2.17. The molecule has 6 nitrogen and oxygen atoms in total. The van der Waals surface area contributed by atoms with E-state index in [9.17, 15) is 9.18 Å². The van der Waals surface area contributed by atoms with Gasteiger partial charge in [-0.15, -0.1) is 0 Å². The Hall–Kier alpha value is -3.19. The number of carbonyl (C=O) groups is 1. The minimum atomic E-state index is -0.364. The van der Waals surface area contributed by atoms with Gasteiger partial charge in [-0.25, -0.2) is 14.5 Å². The van der Waals surface area contributed by atoms with Crippen LogP contribution in [0.4, 0.5) is 4.39 Å². The number of halogens is 2. The van der Waals surface area contributed by atoms with E-state index in [2.05, 4.69) is 15.6 Å². The molecule has 1 N–H and O–H groups in total. The normalized spacial score (nSPS) is 11.2. The molecule has 1 heterocycles. The van der Waals surface area contributed by atoms with Crippen LogP contribution in [0.25, 0.3) is 5.69 Å². The largest absolute Gasteiger partial charge is 0.491 e. The fourth-order valence-corrected chi connectivity index (χ4v) is 2.91. The molecule has 0 saturated carbocycles. The lowest BCUT2D eigenvalue weighted by Gasteiger charge is -2.09. The molecule has 0 bridgehead atoms. The van der Waals surface area contributed by atoms with Gasteiger partial charge in [-0.05, 0) is 69.3 Å². The van der Waals surface area contributed by atoms with Crippen LogP contribution in [0, 0.1) is 12.7 Å². The lowest BCUT2D eigenvalue weighted by molar-refractivity contribution is 0.0955. The molecule has 0 unspecified atom stereocenters. The Labute approximate surface area is 173 Å². The van der Waals surface area contributed by atoms with Gasteiger partial charge >= 0.3 is 0 Å². The van der Waals surface area contributed by atoms with Crippen molar-refractivity contribution in [1.82, 2.24) is 15.2 Å². The fourth-order valence-electron chi connectivity index (χ4n) is 2.59. The Morgan fingerprint density at radius 2 is 1.86 bits per heavy atom. The maximum Gasteiger partial charge on any atom is 0.271 e. The van der Waals surface area contributed by atoms with Crippen LogP contribution in [-0.2, 0) is 0 Å². The van der Waals surface area contributed by atoms with Gasteiger partial charge in [0.25, 0.3) is 5.91 Å². The Balaban J connectivity index is 1.70. The Kier molecular flexibility index (Phi) is 6.29. The van der Waals surface area contributed by atoms with Gasteiger partial charge in [-0.2, -0.15) is 10.2 Å². The standard InChI is InChI=1S/C21H20ClFN4O2/c1-13(2)29-18-10-4-15(5-11-18)21(28)25-24-12-19-14(3)26-27(20(19)22)17-8-6-16(23)7-9-17/h4-13H,1-3H3,(H,25,28)/b24-12-. The topological polar surface area (TPSA) is 68.5 Å². The van der Waals surface area contributed by atoms with Crippen molar-refractivity contribution in [2.45, 2.75) is 26.9 Å². The first kappa shape index (κ1) is 20.5. The number of benzene rings is 2. The first-order valence-electron chi connectivity index (χ1n) is 8.96. The second-order valence-electron chi connectivity index (χ2n) is 6.57. The number of rotatable bonds is 6. The van der Waals surface area contributed by atoms with Gasteiger partial charge in [0.1, 0.15) is 16.7 Å². The molecule has 150 valence electrons. The highest BCUT2D eigenvalue weighted by Gasteiger charge is 2.13. The predicted octanol–water partition coefficient (Wildman–Crippen LogP) is 4.52. The molecule has 2 aromatic carbocycles. The van der Waals surface area contributed by atoms with Gasteiger partial charge in [-0.3, -0.25) is 4.79 Å². The van der Waals surface area contributed by atoms with Crippen LogP contribution in [0.2, 0.25) is 5.15 Å². The molecule has 0 aliphatic rings. The van der Waals surface area contributed by atoms with Crippen molar-refractivity contribution in [2.75, 3.05) is 0 Å². The van der Waals surface area contributed by atoms with E-state index in [1.807, 2.05) is 13.8 Å². The lowest BCUT2D eigenvalue weighted by atomic mass is 10.2. The van der Waals surface area contributed by atoms with Gasteiger partial charge in [0.15, 0.2) is 0 Å². The second-order valence-corrected chi connectivity index (χ2v) is 6.93. The van der Waals surface area contributed by atoms with E-state index in [0.29, 0.717) is 33.4 Å². The molecule has 0 aliphatic heterocycles. The van der Waals surface area contributed by atoms with Crippen molar-refractivity contribution in [3.63, 3.8) is 0 Å². The third-order valence-corrected chi connectivity index (χ3v) is 4.33. The van der Waals surface area contributed by atoms with E-state index in [1.54, 1.807) is 43.3 Å². The molecular formula is C21H20ClFN4O2. The number of ether oxygens (including phenoxy) is 1. The zero-order valence-corrected chi connectivity index (χ0v) is 16.9. The summed E-state index contributed by atoms with van der Waals surface area (Å²) in [4.78, 5) is 12.2. The molecule has 0 radical (unpaired) electrons. The van der Waals surface area contributed by atoms with E-state index >= 15 is 0 Å².